The summed E-state index contributed by atoms with van der Waals surface area (Å²) in [7, 11) is 1.68. The maximum absolute atomic E-state index is 13.1. The van der Waals surface area contributed by atoms with Gasteiger partial charge in [-0.25, -0.2) is 0 Å². The molecule has 0 spiro atoms. The summed E-state index contributed by atoms with van der Waals surface area (Å²) in [6.45, 7) is 14.6. The molecule has 1 atom stereocenters. The first-order chi connectivity index (χ1) is 17.5. The number of H-pyrrole nitrogens is 1. The predicted molar refractivity (Wildman–Crippen MR) is 154 cm³/mol. The number of fused-ring (bicyclic) bond motifs is 1. The fourth-order valence-corrected chi connectivity index (χ4v) is 4.73. The third kappa shape index (κ3) is 6.31. The first-order valence-electron chi connectivity index (χ1n) is 13.2. The van der Waals surface area contributed by atoms with Crippen molar-refractivity contribution in [3.05, 3.63) is 111 Å². The minimum atomic E-state index is -0.0280. The Morgan fingerprint density at radius 2 is 1.49 bits per heavy atom. The molecule has 1 aromatic heterocycles. The van der Waals surface area contributed by atoms with Gasteiger partial charge in [0, 0.05) is 30.2 Å². The van der Waals surface area contributed by atoms with Crippen molar-refractivity contribution in [1.82, 2.24) is 9.88 Å². The summed E-state index contributed by atoms with van der Waals surface area (Å²) in [6, 6.07) is 25.6. The molecular formula is C33H40N2O2. The maximum Gasteiger partial charge on any atom is 0.252 e. The van der Waals surface area contributed by atoms with Crippen LogP contribution in [0.3, 0.4) is 0 Å². The van der Waals surface area contributed by atoms with Gasteiger partial charge in [0.15, 0.2) is 0 Å². The number of hydrogen-bond donors (Lipinski definition) is 1. The quantitative estimate of drug-likeness (QED) is 0.272. The lowest BCUT2D eigenvalue weighted by molar-refractivity contribution is 0.191. The van der Waals surface area contributed by atoms with E-state index in [4.69, 9.17) is 4.74 Å². The molecular weight excluding hydrogens is 456 g/mol. The van der Waals surface area contributed by atoms with Gasteiger partial charge >= 0.3 is 0 Å². The second kappa shape index (κ2) is 10.9. The monoisotopic (exact) mass is 496 g/mol. The van der Waals surface area contributed by atoms with Gasteiger partial charge in [-0.15, -0.1) is 0 Å². The Balaban J connectivity index is 1.69. The molecule has 4 nitrogen and oxygen atoms in total. The SMILES string of the molecule is COc1ccc([C@H](C)N(Cc2ccc(C(C)(C)C)cc2)Cc2cc3cc(C(C)C)ccc3[nH]c2=O)cc1. The van der Waals surface area contributed by atoms with E-state index >= 15 is 0 Å². The van der Waals surface area contributed by atoms with E-state index < -0.39 is 0 Å². The molecule has 1 heterocycles. The molecule has 4 heteroatoms. The number of rotatable bonds is 8. The predicted octanol–water partition coefficient (Wildman–Crippen LogP) is 7.72. The summed E-state index contributed by atoms with van der Waals surface area (Å²) in [4.78, 5) is 18.6. The zero-order chi connectivity index (χ0) is 26.7. The van der Waals surface area contributed by atoms with Gasteiger partial charge < -0.3 is 9.72 Å². The van der Waals surface area contributed by atoms with E-state index in [0.29, 0.717) is 12.5 Å². The van der Waals surface area contributed by atoms with Gasteiger partial charge in [-0.3, -0.25) is 9.69 Å². The standard InChI is InChI=1S/C33H40N2O2/c1-22(2)26-12-17-31-27(18-26)19-28(32(36)34-31)21-35(23(3)25-10-15-30(37-7)16-11-25)20-24-8-13-29(14-9-24)33(4,5)6/h8-19,22-23H,20-21H2,1-7H3,(H,34,36)/t23-/m0/s1. The van der Waals surface area contributed by atoms with Crippen LogP contribution in [0, 0.1) is 0 Å². The molecule has 0 aliphatic heterocycles. The summed E-state index contributed by atoms with van der Waals surface area (Å²) < 4.78 is 5.36. The van der Waals surface area contributed by atoms with E-state index in [0.717, 1.165) is 28.8 Å². The average molecular weight is 497 g/mol. The van der Waals surface area contributed by atoms with E-state index in [2.05, 4.69) is 106 Å². The molecule has 37 heavy (non-hydrogen) atoms. The van der Waals surface area contributed by atoms with Crippen LogP contribution in [0.15, 0.2) is 77.6 Å². The van der Waals surface area contributed by atoms with Gasteiger partial charge in [0.05, 0.1) is 7.11 Å². The van der Waals surface area contributed by atoms with Crippen molar-refractivity contribution in [2.75, 3.05) is 7.11 Å². The zero-order valence-electron chi connectivity index (χ0n) is 23.3. The Morgan fingerprint density at radius 1 is 0.838 bits per heavy atom. The maximum atomic E-state index is 13.1. The number of nitrogens with zero attached hydrogens (tertiary/aromatic N) is 1. The lowest BCUT2D eigenvalue weighted by atomic mass is 9.86. The molecule has 0 saturated carbocycles. The van der Waals surface area contributed by atoms with Gasteiger partial charge in [0.1, 0.15) is 5.75 Å². The van der Waals surface area contributed by atoms with Crippen molar-refractivity contribution >= 4 is 10.9 Å². The lowest BCUT2D eigenvalue weighted by Gasteiger charge is -2.30. The summed E-state index contributed by atoms with van der Waals surface area (Å²) >= 11 is 0. The molecule has 0 fully saturated rings. The van der Waals surface area contributed by atoms with Crippen molar-refractivity contribution in [3.8, 4) is 5.75 Å². The first kappa shape index (κ1) is 26.7. The van der Waals surface area contributed by atoms with Gasteiger partial charge in [0.25, 0.3) is 5.56 Å². The number of pyridine rings is 1. The fourth-order valence-electron chi connectivity index (χ4n) is 4.73. The molecule has 1 N–H and O–H groups in total. The normalized spacial score (nSPS) is 12.9. The molecule has 194 valence electrons. The molecule has 4 aromatic rings. The van der Waals surface area contributed by atoms with Crippen LogP contribution in [0.25, 0.3) is 10.9 Å². The molecule has 0 amide bonds. The van der Waals surface area contributed by atoms with Crippen LogP contribution >= 0.6 is 0 Å². The number of hydrogen-bond acceptors (Lipinski definition) is 3. The molecule has 0 aliphatic carbocycles. The van der Waals surface area contributed by atoms with Crippen molar-refractivity contribution in [2.45, 2.75) is 72.0 Å². The summed E-state index contributed by atoms with van der Waals surface area (Å²) in [5.74, 6) is 1.27. The Bertz CT molecular complexity index is 1390. The van der Waals surface area contributed by atoms with Gasteiger partial charge in [0.2, 0.25) is 0 Å². The van der Waals surface area contributed by atoms with Crippen LogP contribution in [-0.4, -0.2) is 17.0 Å². The van der Waals surface area contributed by atoms with Crippen LogP contribution in [0.1, 0.15) is 81.3 Å². The van der Waals surface area contributed by atoms with Crippen LogP contribution in [0.5, 0.6) is 5.75 Å². The average Bonchev–Trinajstić information content (AvgIpc) is 2.87. The molecule has 0 aliphatic rings. The lowest BCUT2D eigenvalue weighted by Crippen LogP contribution is -2.29. The van der Waals surface area contributed by atoms with E-state index in [1.54, 1.807) is 7.11 Å². The largest absolute Gasteiger partial charge is 0.497 e. The number of nitrogens with one attached hydrogen (secondary N) is 1. The van der Waals surface area contributed by atoms with Crippen molar-refractivity contribution < 1.29 is 4.74 Å². The zero-order valence-corrected chi connectivity index (χ0v) is 23.3. The Labute approximate surface area is 221 Å². The van der Waals surface area contributed by atoms with Crippen LogP contribution in [0.4, 0.5) is 0 Å². The molecule has 0 bridgehead atoms. The highest BCUT2D eigenvalue weighted by Gasteiger charge is 2.20. The third-order valence-electron chi connectivity index (χ3n) is 7.34. The van der Waals surface area contributed by atoms with E-state index in [1.165, 1.54) is 22.3 Å². The summed E-state index contributed by atoms with van der Waals surface area (Å²) in [5, 5.41) is 1.08. The van der Waals surface area contributed by atoms with Crippen LogP contribution < -0.4 is 10.3 Å². The third-order valence-corrected chi connectivity index (χ3v) is 7.34. The number of ether oxygens (including phenoxy) is 1. The van der Waals surface area contributed by atoms with E-state index in [-0.39, 0.29) is 17.0 Å². The van der Waals surface area contributed by atoms with Crippen molar-refractivity contribution in [3.63, 3.8) is 0 Å². The topological polar surface area (TPSA) is 45.3 Å². The van der Waals surface area contributed by atoms with Crippen LogP contribution in [0.2, 0.25) is 0 Å². The van der Waals surface area contributed by atoms with E-state index in [1.807, 2.05) is 18.2 Å². The Hall–Kier alpha value is -3.37. The fraction of sp³-hybridized carbons (Fsp3) is 0.364. The first-order valence-corrected chi connectivity index (χ1v) is 13.2. The number of aromatic amines is 1. The van der Waals surface area contributed by atoms with E-state index in [9.17, 15) is 4.79 Å². The molecule has 0 saturated heterocycles. The summed E-state index contributed by atoms with van der Waals surface area (Å²) in [5.41, 5.74) is 6.75. The smallest absolute Gasteiger partial charge is 0.252 e. The molecule has 0 radical (unpaired) electrons. The minimum absolute atomic E-state index is 0.0280. The molecule has 4 rings (SSSR count). The molecule has 0 unspecified atom stereocenters. The highest BCUT2D eigenvalue weighted by Crippen LogP contribution is 2.28. The van der Waals surface area contributed by atoms with Gasteiger partial charge in [-0.05, 0) is 76.2 Å². The van der Waals surface area contributed by atoms with Crippen molar-refractivity contribution in [2.24, 2.45) is 0 Å². The highest BCUT2D eigenvalue weighted by atomic mass is 16.5. The van der Waals surface area contributed by atoms with Crippen molar-refractivity contribution in [1.29, 1.82) is 0 Å². The van der Waals surface area contributed by atoms with Gasteiger partial charge in [-0.2, -0.15) is 0 Å². The van der Waals surface area contributed by atoms with Gasteiger partial charge in [-0.1, -0.05) is 77.1 Å². The highest BCUT2D eigenvalue weighted by molar-refractivity contribution is 5.79. The minimum Gasteiger partial charge on any atom is -0.497 e. The number of methoxy groups -OCH3 is 1. The Morgan fingerprint density at radius 3 is 2.08 bits per heavy atom. The number of aromatic nitrogens is 1. The second-order valence-corrected chi connectivity index (χ2v) is 11.4. The Kier molecular flexibility index (Phi) is 7.89. The second-order valence-electron chi connectivity index (χ2n) is 11.4. The summed E-state index contributed by atoms with van der Waals surface area (Å²) in [6.07, 6.45) is 0. The molecule has 3 aromatic carbocycles. The van der Waals surface area contributed by atoms with Crippen LogP contribution in [-0.2, 0) is 18.5 Å². The number of benzene rings is 3.